The second-order valence-corrected chi connectivity index (χ2v) is 15.6. The summed E-state index contributed by atoms with van der Waals surface area (Å²) in [4.78, 5) is 10.5. The Labute approximate surface area is 357 Å². The number of para-hydroxylation sites is 2. The Morgan fingerprint density at radius 2 is 0.968 bits per heavy atom. The van der Waals surface area contributed by atoms with Gasteiger partial charge in [0.05, 0.1) is 22.6 Å². The van der Waals surface area contributed by atoms with E-state index in [9.17, 15) is 0 Å². The minimum atomic E-state index is 0.651. The van der Waals surface area contributed by atoms with Gasteiger partial charge in [-0.2, -0.15) is 5.10 Å². The fraction of sp³-hybridized carbons (Fsp3) is 0. The summed E-state index contributed by atoms with van der Waals surface area (Å²) in [5.74, 6) is 0.651. The molecule has 0 fully saturated rings. The van der Waals surface area contributed by atoms with Gasteiger partial charge < -0.3 is 4.42 Å². The smallest absolute Gasteiger partial charge is 0.160 e. The molecule has 0 spiro atoms. The van der Waals surface area contributed by atoms with Gasteiger partial charge >= 0.3 is 0 Å². The first-order chi connectivity index (χ1) is 30.7. The first-order valence-electron chi connectivity index (χ1n) is 20.9. The fourth-order valence-corrected chi connectivity index (χ4v) is 8.86. The van der Waals surface area contributed by atoms with Crippen LogP contribution < -0.4 is 0 Å². The number of pyridine rings is 1. The molecule has 0 radical (unpaired) electrons. The van der Waals surface area contributed by atoms with Crippen LogP contribution >= 0.6 is 0 Å². The van der Waals surface area contributed by atoms with Gasteiger partial charge in [0.15, 0.2) is 5.82 Å². The number of hydrogen-bond donors (Lipinski definition) is 0. The minimum absolute atomic E-state index is 0.651. The molecule has 290 valence electrons. The van der Waals surface area contributed by atoms with Crippen molar-refractivity contribution in [2.75, 3.05) is 0 Å². The lowest BCUT2D eigenvalue weighted by Crippen LogP contribution is -1.96. The Morgan fingerprint density at radius 3 is 1.74 bits per heavy atom. The molecule has 0 bridgehead atoms. The molecule has 0 aliphatic heterocycles. The molecule has 0 atom stereocenters. The molecule has 0 unspecified atom stereocenters. The number of rotatable bonds is 7. The van der Waals surface area contributed by atoms with Crippen molar-refractivity contribution in [2.45, 2.75) is 0 Å². The summed E-state index contributed by atoms with van der Waals surface area (Å²) >= 11 is 0. The summed E-state index contributed by atoms with van der Waals surface area (Å²) in [6.45, 7) is 0. The van der Waals surface area contributed by atoms with Gasteiger partial charge in [0.2, 0.25) is 0 Å². The Balaban J connectivity index is 1.01. The molecule has 0 saturated carbocycles. The van der Waals surface area contributed by atoms with Crippen molar-refractivity contribution in [2.24, 2.45) is 0 Å². The van der Waals surface area contributed by atoms with E-state index in [4.69, 9.17) is 19.5 Å². The van der Waals surface area contributed by atoms with Gasteiger partial charge in [0.25, 0.3) is 0 Å². The van der Waals surface area contributed by atoms with E-state index in [2.05, 4.69) is 187 Å². The number of nitrogens with zero attached hydrogens (tertiary/aromatic N) is 4. The predicted molar refractivity (Wildman–Crippen MR) is 254 cm³/mol. The third-order valence-electron chi connectivity index (χ3n) is 11.8. The lowest BCUT2D eigenvalue weighted by Gasteiger charge is -2.12. The first kappa shape index (κ1) is 35.5. The van der Waals surface area contributed by atoms with Crippen LogP contribution in [0.1, 0.15) is 0 Å². The predicted octanol–water partition coefficient (Wildman–Crippen LogP) is 14.8. The lowest BCUT2D eigenvalue weighted by atomic mass is 9.96. The SMILES string of the molecule is c1ccc(-c2cc(-c3cccc(-c4cccc5c4oc4ccccc45)c3)nc(-c3ccc(-c4c(-c5ccccc5)nn5c(-c6ccccc6)cc6ccccc6c45)cc3)n2)cc1. The highest BCUT2D eigenvalue weighted by molar-refractivity contribution is 6.10. The van der Waals surface area contributed by atoms with Crippen molar-refractivity contribution in [3.05, 3.63) is 218 Å². The lowest BCUT2D eigenvalue weighted by molar-refractivity contribution is 0.670. The number of benzene rings is 8. The molecule has 5 heteroatoms. The van der Waals surface area contributed by atoms with Gasteiger partial charge in [0.1, 0.15) is 16.9 Å². The molecule has 0 aliphatic rings. The van der Waals surface area contributed by atoms with Crippen molar-refractivity contribution in [3.8, 4) is 78.7 Å². The van der Waals surface area contributed by atoms with Crippen LogP contribution in [0.2, 0.25) is 0 Å². The molecule has 4 aromatic heterocycles. The third kappa shape index (κ3) is 6.06. The molecule has 12 rings (SSSR count). The van der Waals surface area contributed by atoms with Crippen LogP contribution in [0, 0.1) is 0 Å². The molecule has 4 heterocycles. The van der Waals surface area contributed by atoms with Crippen LogP contribution in [0.15, 0.2) is 223 Å². The van der Waals surface area contributed by atoms with Crippen molar-refractivity contribution in [3.63, 3.8) is 0 Å². The molecule has 0 amide bonds. The molecule has 8 aromatic carbocycles. The average molecular weight is 793 g/mol. The van der Waals surface area contributed by atoms with E-state index in [0.717, 1.165) is 111 Å². The second kappa shape index (κ2) is 14.7. The molecule has 12 aromatic rings. The van der Waals surface area contributed by atoms with Crippen molar-refractivity contribution < 1.29 is 4.42 Å². The van der Waals surface area contributed by atoms with E-state index in [-0.39, 0.29) is 0 Å². The zero-order chi connectivity index (χ0) is 41.0. The van der Waals surface area contributed by atoms with Crippen LogP contribution in [0.5, 0.6) is 0 Å². The maximum atomic E-state index is 6.45. The summed E-state index contributed by atoms with van der Waals surface area (Å²) in [5, 5.41) is 9.92. The summed E-state index contributed by atoms with van der Waals surface area (Å²) in [7, 11) is 0. The van der Waals surface area contributed by atoms with E-state index in [1.807, 2.05) is 36.4 Å². The monoisotopic (exact) mass is 792 g/mol. The van der Waals surface area contributed by atoms with E-state index >= 15 is 0 Å². The van der Waals surface area contributed by atoms with Crippen LogP contribution in [0.4, 0.5) is 0 Å². The Bertz CT molecular complexity index is 3610. The molecule has 62 heavy (non-hydrogen) atoms. The topological polar surface area (TPSA) is 56.2 Å². The molecule has 0 aliphatic carbocycles. The summed E-state index contributed by atoms with van der Waals surface area (Å²) in [5.41, 5.74) is 15.8. The summed E-state index contributed by atoms with van der Waals surface area (Å²) in [6, 6.07) is 76.1. The van der Waals surface area contributed by atoms with Crippen molar-refractivity contribution in [1.82, 2.24) is 19.6 Å². The minimum Gasteiger partial charge on any atom is -0.455 e. The quantitative estimate of drug-likeness (QED) is 0.161. The summed E-state index contributed by atoms with van der Waals surface area (Å²) in [6.07, 6.45) is 0. The van der Waals surface area contributed by atoms with E-state index in [1.165, 1.54) is 0 Å². The third-order valence-corrected chi connectivity index (χ3v) is 11.8. The van der Waals surface area contributed by atoms with Gasteiger partial charge in [-0.15, -0.1) is 0 Å². The summed E-state index contributed by atoms with van der Waals surface area (Å²) < 4.78 is 8.58. The van der Waals surface area contributed by atoms with Gasteiger partial charge in [-0.1, -0.05) is 194 Å². The Morgan fingerprint density at radius 1 is 0.387 bits per heavy atom. The second-order valence-electron chi connectivity index (χ2n) is 15.6. The highest BCUT2D eigenvalue weighted by Crippen LogP contribution is 2.42. The largest absolute Gasteiger partial charge is 0.455 e. The number of fused-ring (bicyclic) bond motifs is 6. The normalized spacial score (nSPS) is 11.5. The number of furan rings is 1. The van der Waals surface area contributed by atoms with E-state index in [1.54, 1.807) is 0 Å². The average Bonchev–Trinajstić information content (AvgIpc) is 3.95. The zero-order valence-electron chi connectivity index (χ0n) is 33.5. The fourth-order valence-electron chi connectivity index (χ4n) is 8.86. The van der Waals surface area contributed by atoms with Crippen LogP contribution in [0.3, 0.4) is 0 Å². The van der Waals surface area contributed by atoms with Crippen molar-refractivity contribution >= 4 is 38.2 Å². The molecule has 5 nitrogen and oxygen atoms in total. The molecule has 0 N–H and O–H groups in total. The maximum absolute atomic E-state index is 6.45. The Hall–Kier alpha value is -8.41. The number of aromatic nitrogens is 4. The molecular formula is C57H36N4O. The van der Waals surface area contributed by atoms with Crippen LogP contribution in [0.25, 0.3) is 117 Å². The van der Waals surface area contributed by atoms with Crippen LogP contribution in [-0.4, -0.2) is 19.6 Å². The van der Waals surface area contributed by atoms with E-state index < -0.39 is 0 Å². The molecular weight excluding hydrogens is 757 g/mol. The van der Waals surface area contributed by atoms with Crippen molar-refractivity contribution in [1.29, 1.82) is 0 Å². The van der Waals surface area contributed by atoms with Gasteiger partial charge in [-0.05, 0) is 40.8 Å². The van der Waals surface area contributed by atoms with Crippen LogP contribution in [-0.2, 0) is 0 Å². The highest BCUT2D eigenvalue weighted by Gasteiger charge is 2.22. The Kier molecular flexibility index (Phi) is 8.42. The maximum Gasteiger partial charge on any atom is 0.160 e. The van der Waals surface area contributed by atoms with Gasteiger partial charge in [-0.25, -0.2) is 14.5 Å². The van der Waals surface area contributed by atoms with E-state index in [0.29, 0.717) is 5.82 Å². The standard InChI is InChI=1S/C57H36N4O/c1-4-16-37(17-5-1)49-36-50(44-24-14-23-42(34-44)46-27-15-28-48-47-26-12-13-29-52(47)62-56(46)48)59-57(58-49)41-32-30-39(31-33-41)53-54(40-20-8-3-9-21-40)60-61-51(38-18-6-2-7-19-38)35-43-22-10-11-25-45(43)55(53)61/h1-36H. The highest BCUT2D eigenvalue weighted by atomic mass is 16.3. The molecule has 0 saturated heterocycles. The first-order valence-corrected chi connectivity index (χ1v) is 20.9. The van der Waals surface area contributed by atoms with Gasteiger partial charge in [-0.3, -0.25) is 0 Å². The van der Waals surface area contributed by atoms with Gasteiger partial charge in [0, 0.05) is 55.1 Å². The number of hydrogen-bond acceptors (Lipinski definition) is 4. The zero-order valence-corrected chi connectivity index (χ0v) is 33.5.